The summed E-state index contributed by atoms with van der Waals surface area (Å²) in [4.78, 5) is 14.5. The molecule has 2 N–H and O–H groups in total. The lowest BCUT2D eigenvalue weighted by atomic mass is 10.3. The summed E-state index contributed by atoms with van der Waals surface area (Å²) in [7, 11) is 0. The highest BCUT2D eigenvalue weighted by Gasteiger charge is 2.04. The lowest BCUT2D eigenvalue weighted by Gasteiger charge is -2.04. The van der Waals surface area contributed by atoms with Crippen LogP contribution in [0.25, 0.3) is 0 Å². The number of anilines is 1. The van der Waals surface area contributed by atoms with Gasteiger partial charge in [-0.05, 0) is 23.8 Å². The number of aromatic carboxylic acids is 1. The van der Waals surface area contributed by atoms with Crippen LogP contribution in [0.15, 0.2) is 36.7 Å². The largest absolute Gasteiger partial charge is 0.476 e. The van der Waals surface area contributed by atoms with E-state index in [4.69, 9.17) is 5.11 Å². The van der Waals surface area contributed by atoms with Crippen molar-refractivity contribution in [2.45, 2.75) is 6.54 Å². The molecule has 6 nitrogen and oxygen atoms in total. The summed E-state index contributed by atoms with van der Waals surface area (Å²) in [6.07, 6.45) is 3.44. The summed E-state index contributed by atoms with van der Waals surface area (Å²) >= 11 is 0. The van der Waals surface area contributed by atoms with Crippen molar-refractivity contribution in [3.8, 4) is 0 Å². The number of pyridine rings is 1. The molecule has 0 saturated carbocycles. The van der Waals surface area contributed by atoms with Gasteiger partial charge in [0.25, 0.3) is 0 Å². The lowest BCUT2D eigenvalue weighted by molar-refractivity contribution is 0.0689. The maximum Gasteiger partial charge on any atom is 0.356 e. The van der Waals surface area contributed by atoms with Crippen LogP contribution >= 0.6 is 0 Å². The van der Waals surface area contributed by atoms with E-state index < -0.39 is 5.97 Å². The Kier molecular flexibility index (Phi) is 3.25. The first-order chi connectivity index (χ1) is 8.25. The Balaban J connectivity index is 1.98. The molecule has 0 radical (unpaired) electrons. The first-order valence-electron chi connectivity index (χ1n) is 4.95. The first kappa shape index (κ1) is 11.0. The van der Waals surface area contributed by atoms with E-state index in [0.717, 1.165) is 5.56 Å². The van der Waals surface area contributed by atoms with Crippen molar-refractivity contribution in [3.05, 3.63) is 47.9 Å². The number of rotatable bonds is 4. The monoisotopic (exact) mass is 230 g/mol. The van der Waals surface area contributed by atoms with Gasteiger partial charge in [-0.25, -0.2) is 4.79 Å². The Morgan fingerprint density at radius 1 is 1.29 bits per heavy atom. The predicted molar refractivity (Wildman–Crippen MR) is 60.6 cm³/mol. The number of carbonyl (C=O) groups is 1. The first-order valence-corrected chi connectivity index (χ1v) is 4.95. The van der Waals surface area contributed by atoms with Gasteiger partial charge in [0.05, 0.1) is 0 Å². The minimum absolute atomic E-state index is 0.0723. The Morgan fingerprint density at radius 2 is 2.18 bits per heavy atom. The molecule has 17 heavy (non-hydrogen) atoms. The normalized spacial score (nSPS) is 9.88. The van der Waals surface area contributed by atoms with Crippen molar-refractivity contribution in [1.82, 2.24) is 15.2 Å². The van der Waals surface area contributed by atoms with Gasteiger partial charge in [0.2, 0.25) is 0 Å². The summed E-state index contributed by atoms with van der Waals surface area (Å²) in [5.74, 6) is -0.560. The Labute approximate surface area is 97.4 Å². The fraction of sp³-hybridized carbons (Fsp3) is 0.0909. The summed E-state index contributed by atoms with van der Waals surface area (Å²) in [5, 5.41) is 19.0. The highest BCUT2D eigenvalue weighted by atomic mass is 16.4. The van der Waals surface area contributed by atoms with Crippen molar-refractivity contribution in [1.29, 1.82) is 0 Å². The van der Waals surface area contributed by atoms with Crippen LogP contribution in [0.3, 0.4) is 0 Å². The van der Waals surface area contributed by atoms with Gasteiger partial charge in [-0.2, -0.15) is 0 Å². The molecule has 0 aromatic carbocycles. The van der Waals surface area contributed by atoms with Gasteiger partial charge in [0, 0.05) is 18.9 Å². The van der Waals surface area contributed by atoms with E-state index in [1.165, 1.54) is 6.07 Å². The Morgan fingerprint density at radius 3 is 2.76 bits per heavy atom. The van der Waals surface area contributed by atoms with Crippen LogP contribution in [0.2, 0.25) is 0 Å². The SMILES string of the molecule is O=C(O)c1ccc(NCc2cccnc2)nn1. The summed E-state index contributed by atoms with van der Waals surface area (Å²) in [6.45, 7) is 0.564. The molecule has 0 unspecified atom stereocenters. The average Bonchev–Trinajstić information content (AvgIpc) is 2.38. The number of carboxylic acids is 1. The van der Waals surface area contributed by atoms with Crippen LogP contribution in [0.4, 0.5) is 5.82 Å². The van der Waals surface area contributed by atoms with Crippen molar-refractivity contribution in [3.63, 3.8) is 0 Å². The van der Waals surface area contributed by atoms with Gasteiger partial charge < -0.3 is 10.4 Å². The predicted octanol–water partition coefficient (Wildman–Crippen LogP) is 1.18. The number of hydrogen-bond acceptors (Lipinski definition) is 5. The molecular weight excluding hydrogens is 220 g/mol. The number of nitrogens with one attached hydrogen (secondary N) is 1. The van der Waals surface area contributed by atoms with Crippen molar-refractivity contribution < 1.29 is 9.90 Å². The van der Waals surface area contributed by atoms with Gasteiger partial charge in [0.15, 0.2) is 5.69 Å². The minimum Gasteiger partial charge on any atom is -0.476 e. The minimum atomic E-state index is -1.09. The molecule has 0 bridgehead atoms. The lowest BCUT2D eigenvalue weighted by Crippen LogP contribution is -2.06. The van der Waals surface area contributed by atoms with Gasteiger partial charge in [-0.3, -0.25) is 4.98 Å². The molecule has 0 aliphatic heterocycles. The zero-order valence-corrected chi connectivity index (χ0v) is 8.87. The third-order valence-electron chi connectivity index (χ3n) is 2.08. The molecule has 2 rings (SSSR count). The molecule has 0 amide bonds. The molecule has 2 aromatic heterocycles. The van der Waals surface area contributed by atoms with E-state index in [-0.39, 0.29) is 5.69 Å². The van der Waals surface area contributed by atoms with Crippen LogP contribution in [-0.4, -0.2) is 26.3 Å². The van der Waals surface area contributed by atoms with Crippen LogP contribution in [0, 0.1) is 0 Å². The van der Waals surface area contributed by atoms with E-state index in [0.29, 0.717) is 12.4 Å². The van der Waals surface area contributed by atoms with Crippen molar-refractivity contribution in [2.24, 2.45) is 0 Å². The second-order valence-electron chi connectivity index (χ2n) is 3.32. The highest BCUT2D eigenvalue weighted by molar-refractivity contribution is 5.85. The average molecular weight is 230 g/mol. The van der Waals surface area contributed by atoms with Gasteiger partial charge in [0.1, 0.15) is 5.82 Å². The molecule has 0 fully saturated rings. The van der Waals surface area contributed by atoms with Gasteiger partial charge in [-0.1, -0.05) is 6.07 Å². The molecule has 0 atom stereocenters. The fourth-order valence-corrected chi connectivity index (χ4v) is 1.24. The van der Waals surface area contributed by atoms with Crippen LogP contribution < -0.4 is 5.32 Å². The highest BCUT2D eigenvalue weighted by Crippen LogP contribution is 2.04. The molecule has 2 heterocycles. The van der Waals surface area contributed by atoms with Crippen molar-refractivity contribution in [2.75, 3.05) is 5.32 Å². The maximum atomic E-state index is 10.6. The van der Waals surface area contributed by atoms with Gasteiger partial charge >= 0.3 is 5.97 Å². The second kappa shape index (κ2) is 5.02. The molecule has 0 spiro atoms. The van der Waals surface area contributed by atoms with Crippen molar-refractivity contribution >= 4 is 11.8 Å². The second-order valence-corrected chi connectivity index (χ2v) is 3.32. The quantitative estimate of drug-likeness (QED) is 0.820. The molecular formula is C11H10N4O2. The van der Waals surface area contributed by atoms with E-state index in [2.05, 4.69) is 20.5 Å². The summed E-state index contributed by atoms with van der Waals surface area (Å²) in [5.41, 5.74) is 0.938. The zero-order valence-electron chi connectivity index (χ0n) is 8.87. The zero-order chi connectivity index (χ0) is 12.1. The van der Waals surface area contributed by atoms with E-state index in [1.807, 2.05) is 12.1 Å². The van der Waals surface area contributed by atoms with E-state index >= 15 is 0 Å². The van der Waals surface area contributed by atoms with Gasteiger partial charge in [-0.15, -0.1) is 10.2 Å². The number of carboxylic acid groups (broad SMARTS) is 1. The maximum absolute atomic E-state index is 10.6. The number of hydrogen-bond donors (Lipinski definition) is 2. The third-order valence-corrected chi connectivity index (χ3v) is 2.08. The molecule has 0 aliphatic rings. The molecule has 86 valence electrons. The van der Waals surface area contributed by atoms with E-state index in [1.54, 1.807) is 18.5 Å². The number of aromatic nitrogens is 3. The van der Waals surface area contributed by atoms with Crippen LogP contribution in [0.1, 0.15) is 16.1 Å². The van der Waals surface area contributed by atoms with E-state index in [9.17, 15) is 4.79 Å². The molecule has 2 aromatic rings. The Hall–Kier alpha value is -2.50. The summed E-state index contributed by atoms with van der Waals surface area (Å²) in [6, 6.07) is 6.75. The number of nitrogens with zero attached hydrogens (tertiary/aromatic N) is 3. The van der Waals surface area contributed by atoms with Crippen LogP contribution in [-0.2, 0) is 6.54 Å². The molecule has 0 saturated heterocycles. The third kappa shape index (κ3) is 2.97. The molecule has 6 heteroatoms. The fourth-order valence-electron chi connectivity index (χ4n) is 1.24. The smallest absolute Gasteiger partial charge is 0.356 e. The standard InChI is InChI=1S/C11H10N4O2/c16-11(17)9-3-4-10(15-14-9)13-7-8-2-1-5-12-6-8/h1-6H,7H2,(H,13,15)(H,16,17). The topological polar surface area (TPSA) is 88.0 Å². The molecule has 0 aliphatic carbocycles. The van der Waals surface area contributed by atoms with Crippen LogP contribution in [0.5, 0.6) is 0 Å². The summed E-state index contributed by atoms with van der Waals surface area (Å²) < 4.78 is 0. The Bertz CT molecular complexity index is 499.